The van der Waals surface area contributed by atoms with Gasteiger partial charge < -0.3 is 9.84 Å². The van der Waals surface area contributed by atoms with E-state index < -0.39 is 33.7 Å². The molecule has 0 rings (SSSR count). The van der Waals surface area contributed by atoms with Crippen molar-refractivity contribution in [2.75, 3.05) is 6.61 Å². The minimum Gasteiger partial charge on any atom is -0.481 e. The zero-order valence-electron chi connectivity index (χ0n) is 19.2. The van der Waals surface area contributed by atoms with Crippen molar-refractivity contribution < 1.29 is 32.4 Å². The molecule has 0 aromatic heterocycles. The van der Waals surface area contributed by atoms with Gasteiger partial charge in [-0.15, -0.1) is 0 Å². The van der Waals surface area contributed by atoms with Crippen LogP contribution in [-0.4, -0.2) is 101 Å². The van der Waals surface area contributed by atoms with Crippen LogP contribution in [-0.2, 0) is 24.4 Å². The van der Waals surface area contributed by atoms with Gasteiger partial charge in [0.15, 0.2) is 5.25 Å². The molecule has 2 N–H and O–H groups in total. The standard InChI is InChI=1S/C20H38O7S.2Na/c1-2-3-4-5-6-7-8-9-10-11-12-13-14-15-16-27-20(23)18(17-19(21)22)28(24,25)26;;/h18H,2-17H2,1H3,(H,21,22)(H,24,25,26);;. The Hall–Kier alpha value is 0.850. The van der Waals surface area contributed by atoms with Gasteiger partial charge in [0.05, 0.1) is 13.0 Å². The van der Waals surface area contributed by atoms with Gasteiger partial charge in [0.1, 0.15) is 0 Å². The van der Waals surface area contributed by atoms with Crippen molar-refractivity contribution in [1.29, 1.82) is 0 Å². The first-order valence-corrected chi connectivity index (χ1v) is 12.1. The summed E-state index contributed by atoms with van der Waals surface area (Å²) in [7, 11) is -4.79. The molecule has 0 fully saturated rings. The molecule has 0 heterocycles. The summed E-state index contributed by atoms with van der Waals surface area (Å²) >= 11 is 0. The third-order valence-corrected chi connectivity index (χ3v) is 5.80. The van der Waals surface area contributed by atoms with Crippen LogP contribution in [0, 0.1) is 0 Å². The molecule has 30 heavy (non-hydrogen) atoms. The van der Waals surface area contributed by atoms with Crippen LogP contribution >= 0.6 is 0 Å². The van der Waals surface area contributed by atoms with Gasteiger partial charge >= 0.3 is 11.9 Å². The number of esters is 1. The first-order chi connectivity index (χ1) is 13.3. The van der Waals surface area contributed by atoms with Crippen LogP contribution in [0.3, 0.4) is 0 Å². The summed E-state index contributed by atoms with van der Waals surface area (Å²) in [5.74, 6) is -2.70. The second-order valence-electron chi connectivity index (χ2n) is 7.37. The van der Waals surface area contributed by atoms with Gasteiger partial charge in [0.2, 0.25) is 0 Å². The minimum atomic E-state index is -4.79. The fraction of sp³-hybridized carbons (Fsp3) is 0.900. The number of carboxylic acid groups (broad SMARTS) is 1. The summed E-state index contributed by atoms with van der Waals surface area (Å²) < 4.78 is 35.8. The maximum Gasteiger partial charge on any atom is 0.327 e. The van der Waals surface area contributed by atoms with Crippen LogP contribution in [0.4, 0.5) is 0 Å². The minimum absolute atomic E-state index is 0. The molecule has 2 radical (unpaired) electrons. The molecule has 0 amide bonds. The van der Waals surface area contributed by atoms with Crippen molar-refractivity contribution >= 4 is 81.2 Å². The van der Waals surface area contributed by atoms with Crippen LogP contribution in [0.2, 0.25) is 0 Å². The number of hydrogen-bond donors (Lipinski definition) is 2. The smallest absolute Gasteiger partial charge is 0.327 e. The fourth-order valence-electron chi connectivity index (χ4n) is 3.03. The number of carbonyl (C=O) groups is 2. The van der Waals surface area contributed by atoms with Crippen molar-refractivity contribution in [3.05, 3.63) is 0 Å². The molecule has 0 aromatic carbocycles. The maximum atomic E-state index is 11.6. The second kappa shape index (κ2) is 23.0. The van der Waals surface area contributed by atoms with Crippen molar-refractivity contribution in [2.24, 2.45) is 0 Å². The Morgan fingerprint density at radius 2 is 1.13 bits per heavy atom. The van der Waals surface area contributed by atoms with E-state index in [9.17, 15) is 18.0 Å². The first kappa shape index (κ1) is 35.4. The van der Waals surface area contributed by atoms with Crippen molar-refractivity contribution in [1.82, 2.24) is 0 Å². The van der Waals surface area contributed by atoms with E-state index in [1.54, 1.807) is 0 Å². The molecule has 0 aromatic rings. The molecule has 0 spiro atoms. The van der Waals surface area contributed by atoms with Crippen LogP contribution in [0.25, 0.3) is 0 Å². The van der Waals surface area contributed by atoms with Crippen molar-refractivity contribution in [2.45, 2.75) is 108 Å². The monoisotopic (exact) mass is 468 g/mol. The second-order valence-corrected chi connectivity index (χ2v) is 8.96. The molecular formula is C20H38Na2O7S. The molecular weight excluding hydrogens is 430 g/mol. The van der Waals surface area contributed by atoms with Crippen molar-refractivity contribution in [3.63, 3.8) is 0 Å². The topological polar surface area (TPSA) is 118 Å². The number of rotatable bonds is 19. The third kappa shape index (κ3) is 22.1. The molecule has 10 heteroatoms. The molecule has 168 valence electrons. The quantitative estimate of drug-likeness (QED) is 0.127. The van der Waals surface area contributed by atoms with Crippen LogP contribution in [0.15, 0.2) is 0 Å². The Labute approximate surface area is 226 Å². The molecule has 1 atom stereocenters. The van der Waals surface area contributed by atoms with Gasteiger partial charge in [0, 0.05) is 59.1 Å². The zero-order valence-corrected chi connectivity index (χ0v) is 24.1. The number of hydrogen-bond acceptors (Lipinski definition) is 5. The summed E-state index contributed by atoms with van der Waals surface area (Å²) in [5.41, 5.74) is 0. The Morgan fingerprint density at radius 3 is 1.47 bits per heavy atom. The summed E-state index contributed by atoms with van der Waals surface area (Å²) in [6.07, 6.45) is 15.7. The largest absolute Gasteiger partial charge is 0.481 e. The summed E-state index contributed by atoms with van der Waals surface area (Å²) in [4.78, 5) is 22.2. The van der Waals surface area contributed by atoms with E-state index in [-0.39, 0.29) is 65.7 Å². The predicted octanol–water partition coefficient (Wildman–Crippen LogP) is 3.98. The Balaban J connectivity index is -0.00000364. The van der Waals surface area contributed by atoms with Gasteiger partial charge in [-0.2, -0.15) is 8.42 Å². The maximum absolute atomic E-state index is 11.6. The Morgan fingerprint density at radius 1 is 0.767 bits per heavy atom. The average molecular weight is 469 g/mol. The molecule has 0 aliphatic heterocycles. The van der Waals surface area contributed by atoms with Gasteiger partial charge in [-0.3, -0.25) is 14.1 Å². The number of carboxylic acids is 1. The summed E-state index contributed by atoms with van der Waals surface area (Å²) in [6, 6.07) is 0. The third-order valence-electron chi connectivity index (χ3n) is 4.72. The molecule has 7 nitrogen and oxygen atoms in total. The van der Waals surface area contributed by atoms with E-state index in [4.69, 9.17) is 14.4 Å². The van der Waals surface area contributed by atoms with Gasteiger partial charge in [-0.1, -0.05) is 90.4 Å². The van der Waals surface area contributed by atoms with E-state index in [2.05, 4.69) is 6.92 Å². The number of aliphatic carboxylic acids is 1. The normalized spacial score (nSPS) is 11.8. The van der Waals surface area contributed by atoms with E-state index in [1.165, 1.54) is 64.2 Å². The van der Waals surface area contributed by atoms with Crippen LogP contribution < -0.4 is 0 Å². The Kier molecular flexibility index (Phi) is 27.2. The van der Waals surface area contributed by atoms with E-state index in [0.29, 0.717) is 6.42 Å². The SMILES string of the molecule is CCCCCCCCCCCCCCCCOC(=O)C(CC(=O)O)S(=O)(=O)O.[Na].[Na]. The number of ether oxygens (including phenoxy) is 1. The van der Waals surface area contributed by atoms with Gasteiger partial charge in [-0.25, -0.2) is 0 Å². The zero-order chi connectivity index (χ0) is 21.3. The van der Waals surface area contributed by atoms with Crippen LogP contribution in [0.5, 0.6) is 0 Å². The molecule has 0 aliphatic carbocycles. The molecule has 0 aliphatic rings. The number of carbonyl (C=O) groups excluding carboxylic acids is 1. The van der Waals surface area contributed by atoms with E-state index in [0.717, 1.165) is 19.3 Å². The fourth-order valence-corrected chi connectivity index (χ4v) is 3.70. The van der Waals surface area contributed by atoms with Crippen LogP contribution in [0.1, 0.15) is 103 Å². The average Bonchev–Trinajstić information content (AvgIpc) is 2.61. The summed E-state index contributed by atoms with van der Waals surface area (Å²) in [6.45, 7) is 2.26. The number of unbranched alkanes of at least 4 members (excludes halogenated alkanes) is 13. The molecule has 1 unspecified atom stereocenters. The summed E-state index contributed by atoms with van der Waals surface area (Å²) in [5, 5.41) is 6.56. The van der Waals surface area contributed by atoms with Gasteiger partial charge in [0.25, 0.3) is 10.1 Å². The van der Waals surface area contributed by atoms with Crippen molar-refractivity contribution in [3.8, 4) is 0 Å². The molecule has 0 saturated heterocycles. The van der Waals surface area contributed by atoms with E-state index >= 15 is 0 Å². The van der Waals surface area contributed by atoms with E-state index in [1.807, 2.05) is 0 Å². The van der Waals surface area contributed by atoms with Gasteiger partial charge in [-0.05, 0) is 6.42 Å². The first-order valence-electron chi connectivity index (χ1n) is 10.6. The predicted molar refractivity (Wildman–Crippen MR) is 120 cm³/mol. The molecule has 0 bridgehead atoms. The Bertz CT molecular complexity index is 527. The molecule has 0 saturated carbocycles.